The number of hydrogen-bond acceptors (Lipinski definition) is 2. The maximum Gasteiger partial charge on any atom is 0.317 e. The Labute approximate surface area is 108 Å². The fraction of sp³-hybridized carbons (Fsp3) is 0.250. The summed E-state index contributed by atoms with van der Waals surface area (Å²) in [6, 6.07) is 5.38. The van der Waals surface area contributed by atoms with Crippen molar-refractivity contribution in [3.8, 4) is 11.8 Å². The molecule has 1 aromatic carbocycles. The minimum absolute atomic E-state index is 0.0987. The Bertz CT molecular complexity index is 446. The lowest BCUT2D eigenvalue weighted by atomic mass is 10.2. The van der Waals surface area contributed by atoms with Crippen molar-refractivity contribution in [2.24, 2.45) is 0 Å². The molecule has 0 aliphatic carbocycles. The van der Waals surface area contributed by atoms with E-state index in [0.29, 0.717) is 11.6 Å². The molecular formula is C12H10BrClO2. The van der Waals surface area contributed by atoms with E-state index in [1.807, 2.05) is 12.1 Å². The van der Waals surface area contributed by atoms with Gasteiger partial charge in [0.1, 0.15) is 6.42 Å². The molecule has 0 bridgehead atoms. The monoisotopic (exact) mass is 300 g/mol. The van der Waals surface area contributed by atoms with Crippen LogP contribution in [0, 0.1) is 11.8 Å². The van der Waals surface area contributed by atoms with E-state index in [1.165, 1.54) is 0 Å². The van der Waals surface area contributed by atoms with Gasteiger partial charge < -0.3 is 4.74 Å². The second-order valence-corrected chi connectivity index (χ2v) is 4.17. The van der Waals surface area contributed by atoms with Crippen molar-refractivity contribution in [1.29, 1.82) is 0 Å². The van der Waals surface area contributed by atoms with Gasteiger partial charge in [-0.25, -0.2) is 0 Å². The van der Waals surface area contributed by atoms with E-state index < -0.39 is 0 Å². The van der Waals surface area contributed by atoms with Gasteiger partial charge in [0.25, 0.3) is 0 Å². The Kier molecular flexibility index (Phi) is 5.37. The van der Waals surface area contributed by atoms with E-state index in [-0.39, 0.29) is 12.4 Å². The number of rotatable bonds is 2. The van der Waals surface area contributed by atoms with E-state index in [9.17, 15) is 4.79 Å². The van der Waals surface area contributed by atoms with Crippen molar-refractivity contribution >= 4 is 33.5 Å². The molecule has 0 amide bonds. The maximum absolute atomic E-state index is 11.0. The predicted octanol–water partition coefficient (Wildman–Crippen LogP) is 3.41. The quantitative estimate of drug-likeness (QED) is 0.618. The van der Waals surface area contributed by atoms with Crippen LogP contribution >= 0.6 is 27.5 Å². The largest absolute Gasteiger partial charge is 0.465 e. The molecule has 1 aromatic rings. The number of benzene rings is 1. The zero-order chi connectivity index (χ0) is 12.0. The molecule has 0 aliphatic rings. The smallest absolute Gasteiger partial charge is 0.317 e. The van der Waals surface area contributed by atoms with E-state index in [2.05, 4.69) is 27.8 Å². The van der Waals surface area contributed by atoms with Crippen LogP contribution in [0.1, 0.15) is 18.9 Å². The van der Waals surface area contributed by atoms with Gasteiger partial charge in [0.05, 0.1) is 11.6 Å². The first kappa shape index (κ1) is 13.1. The lowest BCUT2D eigenvalue weighted by Crippen LogP contribution is -2.01. The second kappa shape index (κ2) is 6.57. The highest BCUT2D eigenvalue weighted by Crippen LogP contribution is 2.22. The molecule has 1 rings (SSSR count). The topological polar surface area (TPSA) is 26.3 Å². The highest BCUT2D eigenvalue weighted by atomic mass is 79.9. The van der Waals surface area contributed by atoms with Crippen LogP contribution in [0.25, 0.3) is 0 Å². The Morgan fingerprint density at radius 1 is 1.56 bits per heavy atom. The lowest BCUT2D eigenvalue weighted by Gasteiger charge is -1.96. The van der Waals surface area contributed by atoms with Crippen LogP contribution in [0.4, 0.5) is 0 Å². The highest BCUT2D eigenvalue weighted by molar-refractivity contribution is 9.10. The molecule has 0 N–H and O–H groups in total. The average Bonchev–Trinajstić information content (AvgIpc) is 2.24. The summed E-state index contributed by atoms with van der Waals surface area (Å²) >= 11 is 9.19. The lowest BCUT2D eigenvalue weighted by molar-refractivity contribution is -0.141. The zero-order valence-corrected chi connectivity index (χ0v) is 11.1. The number of esters is 1. The molecule has 0 radical (unpaired) electrons. The van der Waals surface area contributed by atoms with Crippen LogP contribution in [0.5, 0.6) is 0 Å². The van der Waals surface area contributed by atoms with Gasteiger partial charge >= 0.3 is 5.97 Å². The van der Waals surface area contributed by atoms with Crippen molar-refractivity contribution in [1.82, 2.24) is 0 Å². The molecule has 16 heavy (non-hydrogen) atoms. The summed E-state index contributed by atoms with van der Waals surface area (Å²) in [5.74, 6) is 5.27. The number of hydrogen-bond donors (Lipinski definition) is 0. The standard InChI is InChI=1S/C12H10BrClO2/c1-2-16-12(15)5-3-4-9-6-7-10(13)11(14)8-9/h6-8H,2,5H2,1H3. The molecule has 0 aromatic heterocycles. The molecule has 0 atom stereocenters. The van der Waals surface area contributed by atoms with Crippen LogP contribution < -0.4 is 0 Å². The fourth-order valence-electron chi connectivity index (χ4n) is 1.00. The van der Waals surface area contributed by atoms with Crippen molar-refractivity contribution < 1.29 is 9.53 Å². The molecule has 0 saturated carbocycles. The van der Waals surface area contributed by atoms with Gasteiger partial charge in [-0.05, 0) is 41.1 Å². The van der Waals surface area contributed by atoms with Gasteiger partial charge in [-0.1, -0.05) is 23.4 Å². The SMILES string of the molecule is CCOC(=O)CC#Cc1ccc(Br)c(Cl)c1. The summed E-state index contributed by atoms with van der Waals surface area (Å²) in [7, 11) is 0. The van der Waals surface area contributed by atoms with E-state index in [0.717, 1.165) is 10.0 Å². The first-order valence-corrected chi connectivity index (χ1v) is 5.90. The van der Waals surface area contributed by atoms with Gasteiger partial charge in [0.15, 0.2) is 0 Å². The Morgan fingerprint density at radius 3 is 2.94 bits per heavy atom. The summed E-state index contributed by atoms with van der Waals surface area (Å²) in [5.41, 5.74) is 0.775. The summed E-state index contributed by atoms with van der Waals surface area (Å²) in [6.07, 6.45) is 0.0987. The van der Waals surface area contributed by atoms with Crippen LogP contribution in [-0.2, 0) is 9.53 Å². The minimum Gasteiger partial charge on any atom is -0.465 e. The molecule has 0 spiro atoms. The second-order valence-electron chi connectivity index (χ2n) is 2.91. The van der Waals surface area contributed by atoms with E-state index in [4.69, 9.17) is 16.3 Å². The van der Waals surface area contributed by atoms with Crippen molar-refractivity contribution in [2.45, 2.75) is 13.3 Å². The number of carbonyl (C=O) groups is 1. The van der Waals surface area contributed by atoms with Crippen LogP contribution in [0.3, 0.4) is 0 Å². The molecule has 0 unspecified atom stereocenters. The Balaban J connectivity index is 2.63. The third-order valence-corrected chi connectivity index (χ3v) is 2.92. The van der Waals surface area contributed by atoms with Crippen LogP contribution in [-0.4, -0.2) is 12.6 Å². The van der Waals surface area contributed by atoms with E-state index >= 15 is 0 Å². The summed E-state index contributed by atoms with van der Waals surface area (Å²) in [6.45, 7) is 2.14. The molecule has 4 heteroatoms. The molecular weight excluding hydrogens is 291 g/mol. The first-order chi connectivity index (χ1) is 7.63. The van der Waals surface area contributed by atoms with Gasteiger partial charge in [0, 0.05) is 10.0 Å². The summed E-state index contributed by atoms with van der Waals surface area (Å²) in [4.78, 5) is 11.0. The summed E-state index contributed by atoms with van der Waals surface area (Å²) in [5, 5.41) is 0.600. The maximum atomic E-state index is 11.0. The zero-order valence-electron chi connectivity index (χ0n) is 8.72. The average molecular weight is 302 g/mol. The van der Waals surface area contributed by atoms with Crippen LogP contribution in [0.2, 0.25) is 5.02 Å². The molecule has 0 saturated heterocycles. The van der Waals surface area contributed by atoms with E-state index in [1.54, 1.807) is 13.0 Å². The highest BCUT2D eigenvalue weighted by Gasteiger charge is 1.98. The first-order valence-electron chi connectivity index (χ1n) is 4.73. The fourth-order valence-corrected chi connectivity index (χ4v) is 1.43. The minimum atomic E-state index is -0.307. The Morgan fingerprint density at radius 2 is 2.31 bits per heavy atom. The van der Waals surface area contributed by atoms with Crippen LogP contribution in [0.15, 0.2) is 22.7 Å². The molecule has 2 nitrogen and oxygen atoms in total. The summed E-state index contributed by atoms with van der Waals surface area (Å²) < 4.78 is 5.57. The predicted molar refractivity (Wildman–Crippen MR) is 67.3 cm³/mol. The van der Waals surface area contributed by atoms with Crippen molar-refractivity contribution in [3.63, 3.8) is 0 Å². The van der Waals surface area contributed by atoms with Gasteiger partial charge in [0.2, 0.25) is 0 Å². The normalized spacial score (nSPS) is 9.19. The molecule has 0 heterocycles. The van der Waals surface area contributed by atoms with Crippen molar-refractivity contribution in [2.75, 3.05) is 6.61 Å². The molecule has 0 fully saturated rings. The number of carbonyl (C=O) groups excluding carboxylic acids is 1. The number of ether oxygens (including phenoxy) is 1. The van der Waals surface area contributed by atoms with Gasteiger partial charge in [-0.2, -0.15) is 0 Å². The van der Waals surface area contributed by atoms with Gasteiger partial charge in [-0.3, -0.25) is 4.79 Å². The third-order valence-electron chi connectivity index (χ3n) is 1.69. The number of halogens is 2. The molecule has 0 aliphatic heterocycles. The third kappa shape index (κ3) is 4.26. The van der Waals surface area contributed by atoms with Crippen molar-refractivity contribution in [3.05, 3.63) is 33.3 Å². The van der Waals surface area contributed by atoms with Gasteiger partial charge in [-0.15, -0.1) is 0 Å². The Hall–Kier alpha value is -0.980. The molecule has 84 valence electrons.